The number of aliphatic imine (C=N–C) groups is 1. The molecule has 0 radical (unpaired) electrons. The van der Waals surface area contributed by atoms with E-state index in [-0.39, 0.29) is 18.2 Å². The first-order chi connectivity index (χ1) is 10.7. The van der Waals surface area contributed by atoms with Crippen molar-refractivity contribution in [1.82, 2.24) is 5.32 Å². The smallest absolute Gasteiger partial charge is 0.141 e. The van der Waals surface area contributed by atoms with Gasteiger partial charge in [0, 0.05) is 30.0 Å². The molecule has 1 aliphatic rings. The fourth-order valence-corrected chi connectivity index (χ4v) is 2.77. The molecule has 2 aromatic carbocycles. The number of halogens is 2. The van der Waals surface area contributed by atoms with E-state index in [1.165, 1.54) is 0 Å². The maximum atomic E-state index is 12.3. The maximum absolute atomic E-state index is 12.3. The highest BCUT2D eigenvalue weighted by Gasteiger charge is 2.11. The average molecular weight is 349 g/mol. The van der Waals surface area contributed by atoms with E-state index in [1.807, 2.05) is 48.5 Å². The second kappa shape index (κ2) is 8.14. The summed E-state index contributed by atoms with van der Waals surface area (Å²) < 4.78 is 0. The van der Waals surface area contributed by atoms with E-state index >= 15 is 0 Å². The molecule has 3 nitrogen and oxygen atoms in total. The minimum absolute atomic E-state index is 0. The summed E-state index contributed by atoms with van der Waals surface area (Å²) >= 11 is 6.11. The second-order valence-corrected chi connectivity index (χ2v) is 5.75. The quantitative estimate of drug-likeness (QED) is 0.898. The number of hydrogen-bond donors (Lipinski definition) is 1. The first-order valence-corrected chi connectivity index (χ1v) is 7.73. The van der Waals surface area contributed by atoms with Gasteiger partial charge in [-0.1, -0.05) is 48.0 Å². The minimum atomic E-state index is 0. The molecule has 0 spiro atoms. The van der Waals surface area contributed by atoms with Gasteiger partial charge in [-0.2, -0.15) is 0 Å². The highest BCUT2D eigenvalue weighted by atomic mass is 35.5. The Balaban J connectivity index is 0.00000192. The van der Waals surface area contributed by atoms with Gasteiger partial charge in [-0.05, 0) is 23.3 Å². The van der Waals surface area contributed by atoms with Crippen LogP contribution in [0.5, 0.6) is 0 Å². The molecule has 0 amide bonds. The Bertz CT molecular complexity index is 728. The number of benzene rings is 2. The van der Waals surface area contributed by atoms with Crippen LogP contribution in [0.25, 0.3) is 0 Å². The van der Waals surface area contributed by atoms with E-state index in [1.54, 1.807) is 0 Å². The van der Waals surface area contributed by atoms with Crippen LogP contribution in [-0.2, 0) is 17.6 Å². The summed E-state index contributed by atoms with van der Waals surface area (Å²) in [4.78, 5) is 16.7. The number of nitrogens with one attached hydrogen (secondary N) is 1. The largest absolute Gasteiger partial charge is 0.368 e. The molecule has 2 aromatic rings. The third-order valence-corrected chi connectivity index (χ3v) is 3.99. The molecule has 0 fully saturated rings. The van der Waals surface area contributed by atoms with E-state index < -0.39 is 0 Å². The molecular weight excluding hydrogens is 331 g/mol. The third-order valence-electron chi connectivity index (χ3n) is 3.62. The summed E-state index contributed by atoms with van der Waals surface area (Å²) in [6.45, 7) is 1.69. The first-order valence-electron chi connectivity index (χ1n) is 7.35. The molecule has 1 N–H and O–H groups in total. The molecule has 0 unspecified atom stereocenters. The van der Waals surface area contributed by atoms with Gasteiger partial charge in [-0.3, -0.25) is 9.79 Å². The fraction of sp³-hybridized carbons (Fsp3) is 0.222. The topological polar surface area (TPSA) is 41.5 Å². The molecule has 1 aliphatic heterocycles. The summed E-state index contributed by atoms with van der Waals surface area (Å²) in [5.41, 5.74) is 2.93. The number of nitrogens with zero attached hydrogens (tertiary/aromatic N) is 1. The molecule has 3 rings (SSSR count). The van der Waals surface area contributed by atoms with Crippen LogP contribution in [0.4, 0.5) is 0 Å². The number of amidine groups is 1. The fourth-order valence-electron chi connectivity index (χ4n) is 2.56. The molecular formula is C18H18Cl2N2O. The Hall–Kier alpha value is -1.84. The van der Waals surface area contributed by atoms with E-state index in [9.17, 15) is 4.79 Å². The molecule has 5 heteroatoms. The summed E-state index contributed by atoms with van der Waals surface area (Å²) in [5, 5.41) is 3.90. The summed E-state index contributed by atoms with van der Waals surface area (Å²) in [5.74, 6) is 1.08. The van der Waals surface area contributed by atoms with Crippen LogP contribution in [0.3, 0.4) is 0 Å². The van der Waals surface area contributed by atoms with Gasteiger partial charge in [0.15, 0.2) is 0 Å². The normalized spacial score (nSPS) is 13.0. The molecule has 0 bridgehead atoms. The summed E-state index contributed by atoms with van der Waals surface area (Å²) in [6.07, 6.45) is 0.773. The number of carbonyl (C=O) groups is 1. The summed E-state index contributed by atoms with van der Waals surface area (Å²) in [7, 11) is 0. The first kappa shape index (κ1) is 17.5. The molecule has 120 valence electrons. The van der Waals surface area contributed by atoms with E-state index in [0.29, 0.717) is 17.9 Å². The Morgan fingerprint density at radius 2 is 1.96 bits per heavy atom. The minimum Gasteiger partial charge on any atom is -0.368 e. The number of carbonyl (C=O) groups excluding carboxylic acids is 1. The number of rotatable bonds is 5. The number of Topliss-reactive ketones (excluding diaryl/α,β-unsaturated/α-hetero) is 1. The summed E-state index contributed by atoms with van der Waals surface area (Å²) in [6, 6.07) is 15.5. The van der Waals surface area contributed by atoms with Crippen molar-refractivity contribution in [3.8, 4) is 0 Å². The molecule has 0 saturated heterocycles. The van der Waals surface area contributed by atoms with Gasteiger partial charge in [0.2, 0.25) is 0 Å². The standard InChI is InChI=1S/C18H17ClN2O.ClH/c19-17-7-2-1-5-14(17)12-16(22)11-13-4-3-6-15(10-13)18-20-8-9-21-18;/h1-7,10H,8-9,11-12H2,(H,20,21);1H. The third kappa shape index (κ3) is 4.57. The van der Waals surface area contributed by atoms with Crippen LogP contribution >= 0.6 is 24.0 Å². The van der Waals surface area contributed by atoms with E-state index in [2.05, 4.69) is 10.3 Å². The molecule has 0 aromatic heterocycles. The van der Waals surface area contributed by atoms with Crippen LogP contribution in [-0.4, -0.2) is 24.7 Å². The van der Waals surface area contributed by atoms with Gasteiger partial charge in [0.25, 0.3) is 0 Å². The van der Waals surface area contributed by atoms with Crippen molar-refractivity contribution in [2.75, 3.05) is 13.1 Å². The lowest BCUT2D eigenvalue weighted by Gasteiger charge is -2.07. The van der Waals surface area contributed by atoms with E-state index in [0.717, 1.165) is 35.6 Å². The molecule has 0 saturated carbocycles. The Morgan fingerprint density at radius 1 is 1.13 bits per heavy atom. The van der Waals surface area contributed by atoms with Crippen molar-refractivity contribution >= 4 is 35.6 Å². The highest BCUT2D eigenvalue weighted by molar-refractivity contribution is 6.31. The van der Waals surface area contributed by atoms with Crippen LogP contribution in [0, 0.1) is 0 Å². The van der Waals surface area contributed by atoms with Crippen molar-refractivity contribution < 1.29 is 4.79 Å². The molecule has 0 aliphatic carbocycles. The van der Waals surface area contributed by atoms with Crippen LogP contribution in [0.2, 0.25) is 5.02 Å². The van der Waals surface area contributed by atoms with Crippen molar-refractivity contribution in [2.24, 2.45) is 4.99 Å². The van der Waals surface area contributed by atoms with Crippen molar-refractivity contribution in [3.05, 3.63) is 70.2 Å². The van der Waals surface area contributed by atoms with Crippen molar-refractivity contribution in [3.63, 3.8) is 0 Å². The van der Waals surface area contributed by atoms with Crippen molar-refractivity contribution in [2.45, 2.75) is 12.8 Å². The Morgan fingerprint density at radius 3 is 2.70 bits per heavy atom. The Labute approximate surface area is 147 Å². The molecule has 1 heterocycles. The van der Waals surface area contributed by atoms with Gasteiger partial charge in [0.1, 0.15) is 11.6 Å². The lowest BCUT2D eigenvalue weighted by atomic mass is 10.0. The lowest BCUT2D eigenvalue weighted by Crippen LogP contribution is -2.19. The Kier molecular flexibility index (Phi) is 6.20. The van der Waals surface area contributed by atoms with Crippen LogP contribution in [0.1, 0.15) is 16.7 Å². The van der Waals surface area contributed by atoms with Crippen molar-refractivity contribution in [1.29, 1.82) is 0 Å². The number of ketones is 1. The van der Waals surface area contributed by atoms with Gasteiger partial charge < -0.3 is 5.32 Å². The van der Waals surface area contributed by atoms with E-state index in [4.69, 9.17) is 11.6 Å². The molecule has 0 atom stereocenters. The monoisotopic (exact) mass is 348 g/mol. The van der Waals surface area contributed by atoms with Crippen LogP contribution < -0.4 is 5.32 Å². The van der Waals surface area contributed by atoms with Gasteiger partial charge in [0.05, 0.1) is 6.54 Å². The maximum Gasteiger partial charge on any atom is 0.141 e. The highest BCUT2D eigenvalue weighted by Crippen LogP contribution is 2.17. The predicted molar refractivity (Wildman–Crippen MR) is 97.0 cm³/mol. The molecule has 23 heavy (non-hydrogen) atoms. The van der Waals surface area contributed by atoms with Gasteiger partial charge in [-0.25, -0.2) is 0 Å². The zero-order valence-corrected chi connectivity index (χ0v) is 14.2. The van der Waals surface area contributed by atoms with Gasteiger partial charge in [-0.15, -0.1) is 12.4 Å². The zero-order valence-electron chi connectivity index (χ0n) is 12.6. The van der Waals surface area contributed by atoms with Crippen LogP contribution in [0.15, 0.2) is 53.5 Å². The van der Waals surface area contributed by atoms with Gasteiger partial charge >= 0.3 is 0 Å². The number of hydrogen-bond acceptors (Lipinski definition) is 3. The zero-order chi connectivity index (χ0) is 15.4. The lowest BCUT2D eigenvalue weighted by molar-refractivity contribution is -0.117. The predicted octanol–water partition coefficient (Wildman–Crippen LogP) is 3.47. The second-order valence-electron chi connectivity index (χ2n) is 5.34. The average Bonchev–Trinajstić information content (AvgIpc) is 3.04. The SMILES string of the molecule is Cl.O=C(Cc1cccc(C2=NCCN2)c1)Cc1ccccc1Cl.